The second-order valence-electron chi connectivity index (χ2n) is 5.64. The van der Waals surface area contributed by atoms with Gasteiger partial charge in [-0.1, -0.05) is 13.8 Å². The van der Waals surface area contributed by atoms with Gasteiger partial charge in [0.2, 0.25) is 0 Å². The summed E-state index contributed by atoms with van der Waals surface area (Å²) in [6.45, 7) is 6.49. The average Bonchev–Trinajstić information content (AvgIpc) is 2.35. The minimum atomic E-state index is -0.0603. The molecule has 0 spiro atoms. The van der Waals surface area contributed by atoms with Crippen LogP contribution in [-0.2, 0) is 9.53 Å². The van der Waals surface area contributed by atoms with Gasteiger partial charge in [0.25, 0.3) is 0 Å². The summed E-state index contributed by atoms with van der Waals surface area (Å²) >= 11 is 0. The van der Waals surface area contributed by atoms with E-state index in [9.17, 15) is 4.79 Å². The van der Waals surface area contributed by atoms with E-state index in [1.807, 2.05) is 0 Å². The minimum absolute atomic E-state index is 0.0603. The topological polar surface area (TPSA) is 26.3 Å². The highest BCUT2D eigenvalue weighted by molar-refractivity contribution is 5.83. The predicted molar refractivity (Wildman–Crippen MR) is 55.0 cm³/mol. The Kier molecular flexibility index (Phi) is 2.04. The van der Waals surface area contributed by atoms with Crippen LogP contribution in [0.4, 0.5) is 0 Å². The molecule has 2 rings (SSSR count). The zero-order chi connectivity index (χ0) is 10.6. The fourth-order valence-electron chi connectivity index (χ4n) is 3.46. The van der Waals surface area contributed by atoms with Gasteiger partial charge in [0.15, 0.2) is 0 Å². The highest BCUT2D eigenvalue weighted by Gasteiger charge is 2.57. The summed E-state index contributed by atoms with van der Waals surface area (Å²) < 4.78 is 5.62. The Balaban J connectivity index is 2.34. The van der Waals surface area contributed by atoms with E-state index in [0.29, 0.717) is 11.7 Å². The number of fused-ring (bicyclic) bond motifs is 2. The van der Waals surface area contributed by atoms with Crippen molar-refractivity contribution in [2.45, 2.75) is 45.6 Å². The molecule has 0 aromatic rings. The number of hydrogen-bond donors (Lipinski definition) is 0. The molecule has 0 heterocycles. The van der Waals surface area contributed by atoms with Crippen LogP contribution in [0, 0.1) is 17.3 Å². The molecule has 0 radical (unpaired) electrons. The van der Waals surface area contributed by atoms with Gasteiger partial charge in [-0.15, -0.1) is 0 Å². The number of carbonyl (C=O) groups excluding carboxylic acids is 1. The van der Waals surface area contributed by atoms with Crippen LogP contribution in [-0.4, -0.2) is 18.5 Å². The van der Waals surface area contributed by atoms with E-state index in [2.05, 4.69) is 20.8 Å². The maximum Gasteiger partial charge on any atom is 0.136 e. The van der Waals surface area contributed by atoms with Crippen molar-refractivity contribution in [1.82, 2.24) is 0 Å². The van der Waals surface area contributed by atoms with Crippen LogP contribution < -0.4 is 0 Å². The monoisotopic (exact) mass is 196 g/mol. The second kappa shape index (κ2) is 2.82. The first-order chi connectivity index (χ1) is 6.41. The molecular weight excluding hydrogens is 176 g/mol. The number of methoxy groups -OCH3 is 1. The molecule has 2 aliphatic carbocycles. The maximum atomic E-state index is 11.8. The van der Waals surface area contributed by atoms with Gasteiger partial charge in [-0.2, -0.15) is 0 Å². The second-order valence-corrected chi connectivity index (χ2v) is 5.64. The summed E-state index contributed by atoms with van der Waals surface area (Å²) in [6.07, 6.45) is 2.92. The summed E-state index contributed by atoms with van der Waals surface area (Å²) in [5.74, 6) is 1.10. The van der Waals surface area contributed by atoms with Crippen LogP contribution in [0.1, 0.15) is 40.0 Å². The zero-order valence-electron chi connectivity index (χ0n) is 9.59. The minimum Gasteiger partial charge on any atom is -0.378 e. The Morgan fingerprint density at radius 2 is 2.07 bits per heavy atom. The number of ketones is 1. The molecule has 0 aromatic carbocycles. The Bertz CT molecular complexity index is 273. The third-order valence-electron chi connectivity index (χ3n) is 4.77. The molecule has 2 aliphatic rings. The fourth-order valence-corrected chi connectivity index (χ4v) is 3.46. The smallest absolute Gasteiger partial charge is 0.136 e. The van der Waals surface area contributed by atoms with E-state index in [0.717, 1.165) is 19.3 Å². The van der Waals surface area contributed by atoms with Gasteiger partial charge in [-0.3, -0.25) is 4.79 Å². The summed E-state index contributed by atoms with van der Waals surface area (Å²) in [4.78, 5) is 11.8. The van der Waals surface area contributed by atoms with Gasteiger partial charge in [-0.25, -0.2) is 0 Å². The van der Waals surface area contributed by atoms with Crippen molar-refractivity contribution in [2.75, 3.05) is 7.11 Å². The molecule has 0 amide bonds. The lowest BCUT2D eigenvalue weighted by molar-refractivity contribution is -0.129. The lowest BCUT2D eigenvalue weighted by Crippen LogP contribution is -2.34. The van der Waals surface area contributed by atoms with Crippen molar-refractivity contribution in [1.29, 1.82) is 0 Å². The Morgan fingerprint density at radius 1 is 1.43 bits per heavy atom. The molecule has 2 fully saturated rings. The Morgan fingerprint density at radius 3 is 2.64 bits per heavy atom. The predicted octanol–water partition coefficient (Wildman–Crippen LogP) is 2.42. The van der Waals surface area contributed by atoms with Gasteiger partial charge in [0.05, 0.1) is 5.60 Å². The van der Waals surface area contributed by atoms with Crippen LogP contribution in [0.15, 0.2) is 0 Å². The van der Waals surface area contributed by atoms with E-state index in [4.69, 9.17) is 4.74 Å². The maximum absolute atomic E-state index is 11.8. The largest absolute Gasteiger partial charge is 0.378 e. The van der Waals surface area contributed by atoms with E-state index < -0.39 is 0 Å². The van der Waals surface area contributed by atoms with Crippen LogP contribution in [0.25, 0.3) is 0 Å². The molecule has 4 atom stereocenters. The highest BCUT2D eigenvalue weighted by atomic mass is 16.5. The first kappa shape index (κ1) is 10.2. The quantitative estimate of drug-likeness (QED) is 0.643. The van der Waals surface area contributed by atoms with Crippen LogP contribution in [0.3, 0.4) is 0 Å². The third-order valence-corrected chi connectivity index (χ3v) is 4.77. The van der Waals surface area contributed by atoms with Gasteiger partial charge < -0.3 is 4.74 Å². The highest BCUT2D eigenvalue weighted by Crippen LogP contribution is 2.58. The third kappa shape index (κ3) is 1.16. The summed E-state index contributed by atoms with van der Waals surface area (Å²) in [6, 6.07) is 0. The van der Waals surface area contributed by atoms with Crippen molar-refractivity contribution in [3.05, 3.63) is 0 Å². The molecule has 2 bridgehead atoms. The number of ether oxygens (including phenoxy) is 1. The number of rotatable bonds is 1. The van der Waals surface area contributed by atoms with Crippen LogP contribution >= 0.6 is 0 Å². The van der Waals surface area contributed by atoms with Crippen LogP contribution in [0.2, 0.25) is 0 Å². The normalized spacial score (nSPS) is 52.4. The van der Waals surface area contributed by atoms with E-state index in [-0.39, 0.29) is 16.9 Å². The van der Waals surface area contributed by atoms with E-state index >= 15 is 0 Å². The van der Waals surface area contributed by atoms with Gasteiger partial charge in [0.1, 0.15) is 5.78 Å². The lowest BCUT2D eigenvalue weighted by atomic mass is 9.69. The molecule has 0 N–H and O–H groups in total. The Hall–Kier alpha value is -0.370. The zero-order valence-corrected chi connectivity index (χ0v) is 9.59. The van der Waals surface area contributed by atoms with E-state index in [1.165, 1.54) is 0 Å². The molecule has 0 aliphatic heterocycles. The van der Waals surface area contributed by atoms with Gasteiger partial charge in [0, 0.05) is 19.4 Å². The van der Waals surface area contributed by atoms with Crippen molar-refractivity contribution in [2.24, 2.45) is 17.3 Å². The molecule has 2 heteroatoms. The molecule has 2 saturated carbocycles. The fraction of sp³-hybridized carbons (Fsp3) is 0.917. The number of hydrogen-bond acceptors (Lipinski definition) is 2. The molecule has 0 saturated heterocycles. The first-order valence-electron chi connectivity index (χ1n) is 5.49. The summed E-state index contributed by atoms with van der Waals surface area (Å²) in [5, 5.41) is 0. The summed E-state index contributed by atoms with van der Waals surface area (Å²) in [7, 11) is 1.78. The van der Waals surface area contributed by atoms with E-state index in [1.54, 1.807) is 7.11 Å². The average molecular weight is 196 g/mol. The number of Topliss-reactive ketones (excluding diaryl/α,β-unsaturated/α-hetero) is 1. The molecule has 80 valence electrons. The first-order valence-corrected chi connectivity index (χ1v) is 5.49. The van der Waals surface area contributed by atoms with Gasteiger partial charge in [-0.05, 0) is 31.1 Å². The lowest BCUT2D eigenvalue weighted by Gasteiger charge is -2.34. The van der Waals surface area contributed by atoms with Crippen molar-refractivity contribution in [3.8, 4) is 0 Å². The van der Waals surface area contributed by atoms with Crippen LogP contribution in [0.5, 0.6) is 0 Å². The summed E-state index contributed by atoms with van der Waals surface area (Å²) in [5.41, 5.74) is 0.125. The molecule has 0 aromatic heterocycles. The molecule has 2 nitrogen and oxygen atoms in total. The van der Waals surface area contributed by atoms with Crippen molar-refractivity contribution >= 4 is 5.78 Å². The number of carbonyl (C=O) groups is 1. The standard InChI is InChI=1S/C12H20O2/c1-8-10(13)5-9-6-11(8,2)7-12(9,3)14-4/h8-9H,5-7H2,1-4H3/t8-,9+,11-,12-/m0/s1. The SMILES string of the molecule is CO[C@@]1(C)C[C@]2(C)C[C@H]1CC(=O)[C@@H]2C. The molecule has 14 heavy (non-hydrogen) atoms. The van der Waals surface area contributed by atoms with Crippen molar-refractivity contribution < 1.29 is 9.53 Å². The molecule has 0 unspecified atom stereocenters. The molecular formula is C12H20O2. The van der Waals surface area contributed by atoms with Gasteiger partial charge >= 0.3 is 0 Å². The van der Waals surface area contributed by atoms with Crippen molar-refractivity contribution in [3.63, 3.8) is 0 Å². The Labute approximate surface area is 86.0 Å².